The molecule has 6 nitrogen and oxygen atoms in total. The first-order valence-electron chi connectivity index (χ1n) is 11.8. The van der Waals surface area contributed by atoms with Gasteiger partial charge in [0, 0.05) is 24.0 Å². The zero-order chi connectivity index (χ0) is 22.4. The molecule has 0 aliphatic heterocycles. The van der Waals surface area contributed by atoms with Gasteiger partial charge in [-0.15, -0.1) is 0 Å². The van der Waals surface area contributed by atoms with E-state index in [0.717, 1.165) is 53.2 Å². The molecule has 3 rings (SSSR count). The van der Waals surface area contributed by atoms with Crippen molar-refractivity contribution in [2.24, 2.45) is 16.6 Å². The fraction of sp³-hybridized carbons (Fsp3) is 0.600. The summed E-state index contributed by atoms with van der Waals surface area (Å²) in [6.07, 6.45) is 6.58. The molecule has 31 heavy (non-hydrogen) atoms. The van der Waals surface area contributed by atoms with Crippen molar-refractivity contribution in [3.63, 3.8) is 0 Å². The van der Waals surface area contributed by atoms with Gasteiger partial charge < -0.3 is 21.5 Å². The largest absolute Gasteiger partial charge is 0.383 e. The fourth-order valence-corrected chi connectivity index (χ4v) is 4.72. The van der Waals surface area contributed by atoms with E-state index in [1.807, 2.05) is 31.2 Å². The molecule has 0 bridgehead atoms. The summed E-state index contributed by atoms with van der Waals surface area (Å²) in [4.78, 5) is 9.02. The zero-order valence-corrected chi connectivity index (χ0v) is 19.5. The van der Waals surface area contributed by atoms with Crippen molar-refractivity contribution in [1.29, 1.82) is 0 Å². The normalized spacial score (nSPS) is 21.8. The van der Waals surface area contributed by atoms with Crippen LogP contribution in [0.15, 0.2) is 29.3 Å². The number of hydrogen-bond donors (Lipinski definition) is 4. The number of aryl methyl sites for hydroxylation is 1. The highest BCUT2D eigenvalue weighted by Crippen LogP contribution is 2.27. The van der Waals surface area contributed by atoms with Crippen LogP contribution in [-0.2, 0) is 0 Å². The smallest absolute Gasteiger partial charge is 0.144 e. The number of aliphatic hydroxyl groups excluding tert-OH is 1. The van der Waals surface area contributed by atoms with Crippen molar-refractivity contribution >= 4 is 22.6 Å². The van der Waals surface area contributed by atoms with E-state index in [1.165, 1.54) is 25.7 Å². The molecule has 1 aromatic heterocycles. The number of fused-ring (bicyclic) bond motifs is 1. The molecular formula is C25H39N5O. The van der Waals surface area contributed by atoms with Crippen LogP contribution in [0.25, 0.3) is 10.9 Å². The predicted octanol–water partition coefficient (Wildman–Crippen LogP) is 4.34. The van der Waals surface area contributed by atoms with Crippen LogP contribution < -0.4 is 16.4 Å². The zero-order valence-electron chi connectivity index (χ0n) is 19.5. The minimum atomic E-state index is -0.857. The van der Waals surface area contributed by atoms with Crippen LogP contribution in [-0.4, -0.2) is 40.8 Å². The maximum Gasteiger partial charge on any atom is 0.144 e. The van der Waals surface area contributed by atoms with Crippen LogP contribution >= 0.6 is 0 Å². The molecule has 2 aromatic rings. The summed E-state index contributed by atoms with van der Waals surface area (Å²) in [6, 6.07) is 9.16. The first kappa shape index (κ1) is 23.5. The number of benzene rings is 1. The molecule has 4 atom stereocenters. The Balaban J connectivity index is 1.76. The second-order valence-electron chi connectivity index (χ2n) is 8.98. The summed E-state index contributed by atoms with van der Waals surface area (Å²) in [5, 5.41) is 18.2. The number of pyridine rings is 1. The molecule has 1 fully saturated rings. The second kappa shape index (κ2) is 10.9. The van der Waals surface area contributed by atoms with Crippen molar-refractivity contribution in [1.82, 2.24) is 10.3 Å². The minimum absolute atomic E-state index is 0.314. The molecule has 1 saturated carbocycles. The van der Waals surface area contributed by atoms with Crippen LogP contribution in [0.1, 0.15) is 70.4 Å². The average molecular weight is 426 g/mol. The van der Waals surface area contributed by atoms with E-state index in [0.29, 0.717) is 17.9 Å². The van der Waals surface area contributed by atoms with Crippen molar-refractivity contribution in [2.75, 3.05) is 11.9 Å². The molecule has 0 radical (unpaired) electrons. The Bertz CT molecular complexity index is 895. The highest BCUT2D eigenvalue weighted by molar-refractivity contribution is 6.06. The Kier molecular flexibility index (Phi) is 8.27. The molecule has 5 N–H and O–H groups in total. The van der Waals surface area contributed by atoms with Gasteiger partial charge in [0.2, 0.25) is 0 Å². The van der Waals surface area contributed by atoms with Crippen LogP contribution in [0, 0.1) is 12.8 Å². The number of aliphatic imine (C=N–C) groups is 1. The van der Waals surface area contributed by atoms with E-state index in [-0.39, 0.29) is 0 Å². The first-order chi connectivity index (χ1) is 14.9. The molecule has 1 aliphatic carbocycles. The number of para-hydroxylation sites is 1. The van der Waals surface area contributed by atoms with Crippen molar-refractivity contribution in [3.05, 3.63) is 35.4 Å². The van der Waals surface area contributed by atoms with Gasteiger partial charge in [0.25, 0.3) is 0 Å². The summed E-state index contributed by atoms with van der Waals surface area (Å²) in [5.74, 6) is 1.80. The highest BCUT2D eigenvalue weighted by atomic mass is 16.3. The molecule has 0 amide bonds. The van der Waals surface area contributed by atoms with Gasteiger partial charge in [0.15, 0.2) is 0 Å². The number of nitrogens with zero attached hydrogens (tertiary/aromatic N) is 2. The average Bonchev–Trinajstić information content (AvgIpc) is 2.74. The lowest BCUT2D eigenvalue weighted by Gasteiger charge is -2.33. The third-order valence-corrected chi connectivity index (χ3v) is 6.57. The van der Waals surface area contributed by atoms with E-state index in [1.54, 1.807) is 6.92 Å². The number of nitrogens with two attached hydrogens (primary N) is 1. The summed E-state index contributed by atoms with van der Waals surface area (Å²) in [7, 11) is 0. The molecule has 1 aliphatic rings. The van der Waals surface area contributed by atoms with Crippen molar-refractivity contribution < 1.29 is 5.11 Å². The summed E-state index contributed by atoms with van der Waals surface area (Å²) < 4.78 is 0. The monoisotopic (exact) mass is 425 g/mol. The van der Waals surface area contributed by atoms with Crippen LogP contribution in [0.4, 0.5) is 5.82 Å². The first-order valence-corrected chi connectivity index (χ1v) is 11.8. The van der Waals surface area contributed by atoms with Gasteiger partial charge in [-0.05, 0) is 57.1 Å². The Morgan fingerprint density at radius 1 is 1.29 bits per heavy atom. The van der Waals surface area contributed by atoms with Gasteiger partial charge in [-0.2, -0.15) is 0 Å². The number of amidine groups is 1. The topological polar surface area (TPSA) is 95.6 Å². The van der Waals surface area contributed by atoms with Gasteiger partial charge in [0.1, 0.15) is 17.9 Å². The van der Waals surface area contributed by atoms with Crippen LogP contribution in [0.2, 0.25) is 0 Å². The van der Waals surface area contributed by atoms with E-state index >= 15 is 0 Å². The lowest BCUT2D eigenvalue weighted by Crippen LogP contribution is -2.44. The maximum atomic E-state index is 9.72. The van der Waals surface area contributed by atoms with E-state index in [2.05, 4.69) is 29.5 Å². The van der Waals surface area contributed by atoms with Gasteiger partial charge in [0.05, 0.1) is 11.1 Å². The number of aliphatic hydroxyl groups is 1. The van der Waals surface area contributed by atoms with E-state index in [9.17, 15) is 5.11 Å². The highest BCUT2D eigenvalue weighted by Gasteiger charge is 2.23. The minimum Gasteiger partial charge on any atom is -0.383 e. The lowest BCUT2D eigenvalue weighted by atomic mass is 9.85. The molecule has 170 valence electrons. The number of aromatic nitrogens is 1. The molecular weight excluding hydrogens is 386 g/mol. The Morgan fingerprint density at radius 2 is 2.03 bits per heavy atom. The lowest BCUT2D eigenvalue weighted by molar-refractivity contribution is 0.205. The Hall–Kier alpha value is -2.18. The number of hydrogen-bond acceptors (Lipinski definition) is 5. The molecule has 4 unspecified atom stereocenters. The van der Waals surface area contributed by atoms with Crippen molar-refractivity contribution in [2.45, 2.75) is 84.5 Å². The summed E-state index contributed by atoms with van der Waals surface area (Å²) in [6.45, 7) is 9.07. The number of nitrogens with one attached hydrogen (secondary N) is 2. The summed E-state index contributed by atoms with van der Waals surface area (Å²) in [5.41, 5.74) is 9.01. The van der Waals surface area contributed by atoms with Crippen molar-refractivity contribution in [3.8, 4) is 0 Å². The molecule has 0 saturated heterocycles. The molecule has 1 heterocycles. The third kappa shape index (κ3) is 5.95. The number of anilines is 1. The van der Waals surface area contributed by atoms with Crippen LogP contribution in [0.5, 0.6) is 0 Å². The molecule has 0 spiro atoms. The predicted molar refractivity (Wildman–Crippen MR) is 131 cm³/mol. The second-order valence-corrected chi connectivity index (χ2v) is 8.98. The van der Waals surface area contributed by atoms with E-state index < -0.39 is 6.23 Å². The standard InChI is InChI=1S/C25H39N5O/c1-5-19(29-21-12-8-6-10-16(21)2)14-15-27-25-23(24(26)28-18(4)31)17(3)20-11-7-9-13-22(20)30-25/h7,9,11,13,16,18-19,21,29,31H,5-6,8,10,12,14-15H2,1-4H3,(H2,26,28)(H,27,30). The Morgan fingerprint density at radius 3 is 2.74 bits per heavy atom. The van der Waals surface area contributed by atoms with Gasteiger partial charge in [-0.1, -0.05) is 44.9 Å². The SMILES string of the molecule is CCC(CCNc1nc2ccccc2c(C)c1C(N)=NC(C)O)NC1CCCCC1C. The van der Waals surface area contributed by atoms with Gasteiger partial charge >= 0.3 is 0 Å². The van der Waals surface area contributed by atoms with Gasteiger partial charge in [-0.3, -0.25) is 0 Å². The third-order valence-electron chi connectivity index (χ3n) is 6.57. The maximum absolute atomic E-state index is 9.72. The van der Waals surface area contributed by atoms with Crippen LogP contribution in [0.3, 0.4) is 0 Å². The fourth-order valence-electron chi connectivity index (χ4n) is 4.72. The van der Waals surface area contributed by atoms with Gasteiger partial charge in [-0.25, -0.2) is 9.98 Å². The molecule has 6 heteroatoms. The Labute approximate surface area is 186 Å². The summed E-state index contributed by atoms with van der Waals surface area (Å²) >= 11 is 0. The number of rotatable bonds is 9. The molecule has 1 aromatic carbocycles. The van der Waals surface area contributed by atoms with E-state index in [4.69, 9.17) is 10.7 Å². The quantitative estimate of drug-likeness (QED) is 0.354.